The Bertz CT molecular complexity index is 1100. The van der Waals surface area contributed by atoms with E-state index in [1.54, 1.807) is 10.6 Å². The van der Waals surface area contributed by atoms with Gasteiger partial charge in [0.15, 0.2) is 5.16 Å². The van der Waals surface area contributed by atoms with Gasteiger partial charge in [-0.15, -0.1) is 11.3 Å². The largest absolute Gasteiger partial charge is 0.353 e. The summed E-state index contributed by atoms with van der Waals surface area (Å²) in [6, 6.07) is 7.57. The number of carbonyl (C=O) groups excluding carboxylic acids is 1. The Morgan fingerprint density at radius 1 is 1.31 bits per heavy atom. The van der Waals surface area contributed by atoms with E-state index in [0.29, 0.717) is 26.1 Å². The third-order valence-electron chi connectivity index (χ3n) is 5.15. The van der Waals surface area contributed by atoms with E-state index in [2.05, 4.69) is 10.3 Å². The average molecular weight is 448 g/mol. The molecular formula is C21H22ClN3O2S2. The lowest BCUT2D eigenvalue weighted by Crippen LogP contribution is -2.37. The second kappa shape index (κ2) is 8.90. The SMILES string of the molecule is Cc1cc(-n2c(SCC(=O)NC3CCCCC3)nc3ccsc3c2=O)ccc1Cl. The summed E-state index contributed by atoms with van der Waals surface area (Å²) in [6.45, 7) is 1.90. The van der Waals surface area contributed by atoms with Crippen LogP contribution in [0, 0.1) is 6.92 Å². The quantitative estimate of drug-likeness (QED) is 0.444. The first kappa shape index (κ1) is 20.4. The molecule has 2 aromatic heterocycles. The highest BCUT2D eigenvalue weighted by atomic mass is 35.5. The second-order valence-corrected chi connectivity index (χ2v) is 9.56. The van der Waals surface area contributed by atoms with Crippen molar-refractivity contribution in [3.05, 3.63) is 50.6 Å². The highest BCUT2D eigenvalue weighted by Crippen LogP contribution is 2.26. The Labute approximate surface area is 182 Å². The Kier molecular flexibility index (Phi) is 6.27. The average Bonchev–Trinajstić information content (AvgIpc) is 3.18. The van der Waals surface area contributed by atoms with Crippen LogP contribution in [-0.4, -0.2) is 27.3 Å². The van der Waals surface area contributed by atoms with Gasteiger partial charge in [0.05, 0.1) is 17.0 Å². The van der Waals surface area contributed by atoms with Crippen molar-refractivity contribution < 1.29 is 4.79 Å². The lowest BCUT2D eigenvalue weighted by molar-refractivity contribution is -0.119. The number of aryl methyl sites for hydroxylation is 1. The summed E-state index contributed by atoms with van der Waals surface area (Å²) in [5.74, 6) is 0.214. The van der Waals surface area contributed by atoms with Gasteiger partial charge in [-0.25, -0.2) is 4.98 Å². The first-order valence-corrected chi connectivity index (χ1v) is 12.0. The van der Waals surface area contributed by atoms with Crippen molar-refractivity contribution in [3.63, 3.8) is 0 Å². The number of fused-ring (bicyclic) bond motifs is 1. The van der Waals surface area contributed by atoms with Gasteiger partial charge in [0.2, 0.25) is 5.91 Å². The van der Waals surface area contributed by atoms with Crippen LogP contribution in [0.3, 0.4) is 0 Å². The minimum atomic E-state index is -0.123. The molecule has 29 heavy (non-hydrogen) atoms. The van der Waals surface area contributed by atoms with Crippen molar-refractivity contribution in [2.24, 2.45) is 0 Å². The standard InChI is InChI=1S/C21H22ClN3O2S2/c1-13-11-15(7-8-16(13)22)25-20(27)19-17(9-10-28-19)24-21(25)29-12-18(26)23-14-5-3-2-4-6-14/h7-11,14H,2-6,12H2,1H3,(H,23,26). The molecule has 0 unspecified atom stereocenters. The molecule has 152 valence electrons. The summed E-state index contributed by atoms with van der Waals surface area (Å²) in [4.78, 5) is 30.3. The zero-order valence-electron chi connectivity index (χ0n) is 16.1. The summed E-state index contributed by atoms with van der Waals surface area (Å²) in [5.41, 5.74) is 2.13. The molecule has 0 saturated heterocycles. The van der Waals surface area contributed by atoms with Gasteiger partial charge in [-0.2, -0.15) is 0 Å². The number of thioether (sulfide) groups is 1. The van der Waals surface area contributed by atoms with Gasteiger partial charge in [0.25, 0.3) is 5.56 Å². The van der Waals surface area contributed by atoms with E-state index in [-0.39, 0.29) is 23.3 Å². The summed E-state index contributed by atoms with van der Waals surface area (Å²) in [6.07, 6.45) is 5.68. The Morgan fingerprint density at radius 2 is 2.10 bits per heavy atom. The van der Waals surface area contributed by atoms with Crippen molar-refractivity contribution in [1.29, 1.82) is 0 Å². The maximum atomic E-state index is 13.2. The van der Waals surface area contributed by atoms with Crippen LogP contribution in [0.2, 0.25) is 5.02 Å². The van der Waals surface area contributed by atoms with Gasteiger partial charge in [0.1, 0.15) is 4.70 Å². The third-order valence-corrected chi connectivity index (χ3v) is 7.41. The molecule has 0 aliphatic heterocycles. The van der Waals surface area contributed by atoms with Crippen molar-refractivity contribution in [2.75, 3.05) is 5.75 Å². The molecule has 0 bridgehead atoms. The van der Waals surface area contributed by atoms with Gasteiger partial charge in [0, 0.05) is 11.1 Å². The molecular weight excluding hydrogens is 426 g/mol. The zero-order valence-corrected chi connectivity index (χ0v) is 18.5. The molecule has 4 rings (SSSR count). The number of nitrogens with one attached hydrogen (secondary N) is 1. The molecule has 1 saturated carbocycles. The lowest BCUT2D eigenvalue weighted by atomic mass is 9.95. The van der Waals surface area contributed by atoms with Crippen LogP contribution in [0.5, 0.6) is 0 Å². The minimum absolute atomic E-state index is 0.0135. The fraction of sp³-hybridized carbons (Fsp3) is 0.381. The molecule has 3 aromatic rings. The summed E-state index contributed by atoms with van der Waals surface area (Å²) in [5, 5.41) is 6.14. The number of aromatic nitrogens is 2. The maximum Gasteiger partial charge on any atom is 0.276 e. The van der Waals surface area contributed by atoms with Crippen LogP contribution >= 0.6 is 34.7 Å². The fourth-order valence-corrected chi connectivity index (χ4v) is 5.33. The number of thiophene rings is 1. The van der Waals surface area contributed by atoms with Crippen molar-refractivity contribution >= 4 is 50.8 Å². The van der Waals surface area contributed by atoms with Crippen LogP contribution in [-0.2, 0) is 4.79 Å². The van der Waals surface area contributed by atoms with Crippen molar-refractivity contribution in [2.45, 2.75) is 50.2 Å². The topological polar surface area (TPSA) is 64.0 Å². The number of hydrogen-bond acceptors (Lipinski definition) is 5. The molecule has 1 aliphatic carbocycles. The van der Waals surface area contributed by atoms with Crippen molar-refractivity contribution in [3.8, 4) is 5.69 Å². The van der Waals surface area contributed by atoms with Gasteiger partial charge in [-0.05, 0) is 55.0 Å². The van der Waals surface area contributed by atoms with Gasteiger partial charge in [-0.1, -0.05) is 42.6 Å². The van der Waals surface area contributed by atoms with Gasteiger partial charge < -0.3 is 5.32 Å². The smallest absolute Gasteiger partial charge is 0.276 e. The van der Waals surface area contributed by atoms with E-state index in [0.717, 1.165) is 18.4 Å². The van der Waals surface area contributed by atoms with E-state index in [1.807, 2.05) is 30.5 Å². The summed E-state index contributed by atoms with van der Waals surface area (Å²) >= 11 is 8.83. The van der Waals surface area contributed by atoms with Crippen molar-refractivity contribution in [1.82, 2.24) is 14.9 Å². The normalized spacial score (nSPS) is 15.0. The van der Waals surface area contributed by atoms with Crippen LogP contribution in [0.25, 0.3) is 15.9 Å². The number of nitrogens with zero attached hydrogens (tertiary/aromatic N) is 2. The maximum absolute atomic E-state index is 13.2. The molecule has 1 fully saturated rings. The molecule has 0 atom stereocenters. The van der Waals surface area contributed by atoms with Crippen LogP contribution in [0.4, 0.5) is 0 Å². The monoisotopic (exact) mass is 447 g/mol. The molecule has 8 heteroatoms. The minimum Gasteiger partial charge on any atom is -0.353 e. The lowest BCUT2D eigenvalue weighted by Gasteiger charge is -2.22. The van der Waals surface area contributed by atoms with Crippen LogP contribution in [0.1, 0.15) is 37.7 Å². The Morgan fingerprint density at radius 3 is 2.86 bits per heavy atom. The molecule has 0 spiro atoms. The summed E-state index contributed by atoms with van der Waals surface area (Å²) < 4.78 is 2.19. The first-order chi connectivity index (χ1) is 14.0. The number of amides is 1. The number of hydrogen-bond donors (Lipinski definition) is 1. The molecule has 2 heterocycles. The van der Waals surface area contributed by atoms with E-state index in [9.17, 15) is 9.59 Å². The number of rotatable bonds is 5. The fourth-order valence-electron chi connectivity index (χ4n) is 3.63. The van der Waals surface area contributed by atoms with Gasteiger partial charge >= 0.3 is 0 Å². The van der Waals surface area contributed by atoms with E-state index in [4.69, 9.17) is 11.6 Å². The molecule has 5 nitrogen and oxygen atoms in total. The number of benzene rings is 1. The molecule has 0 radical (unpaired) electrons. The molecule has 1 aromatic carbocycles. The molecule has 1 amide bonds. The molecule has 1 N–H and O–H groups in total. The van der Waals surface area contributed by atoms with E-state index in [1.165, 1.54) is 42.4 Å². The predicted molar refractivity (Wildman–Crippen MR) is 121 cm³/mol. The van der Waals surface area contributed by atoms with E-state index < -0.39 is 0 Å². The second-order valence-electron chi connectivity index (χ2n) is 7.29. The predicted octanol–water partition coefficient (Wildman–Crippen LogP) is 4.95. The van der Waals surface area contributed by atoms with Gasteiger partial charge in [-0.3, -0.25) is 14.2 Å². The first-order valence-electron chi connectivity index (χ1n) is 9.72. The number of carbonyl (C=O) groups is 1. The highest BCUT2D eigenvalue weighted by molar-refractivity contribution is 7.99. The summed E-state index contributed by atoms with van der Waals surface area (Å²) in [7, 11) is 0. The molecule has 1 aliphatic rings. The van der Waals surface area contributed by atoms with Crippen LogP contribution < -0.4 is 10.9 Å². The highest BCUT2D eigenvalue weighted by Gasteiger charge is 2.19. The zero-order chi connectivity index (χ0) is 20.4. The Hall–Kier alpha value is -1.83. The number of halogens is 1. The van der Waals surface area contributed by atoms with Crippen LogP contribution in [0.15, 0.2) is 39.6 Å². The Balaban J connectivity index is 1.63. The third kappa shape index (κ3) is 4.52. The van der Waals surface area contributed by atoms with E-state index >= 15 is 0 Å².